The van der Waals surface area contributed by atoms with Crippen molar-refractivity contribution < 1.29 is 18.0 Å². The van der Waals surface area contributed by atoms with Crippen LogP contribution in [0.15, 0.2) is 23.1 Å². The first-order chi connectivity index (χ1) is 11.8. The first kappa shape index (κ1) is 18.4. The summed E-state index contributed by atoms with van der Waals surface area (Å²) >= 11 is 0.988. The monoisotopic (exact) mass is 382 g/mol. The Morgan fingerprint density at radius 1 is 1.16 bits per heavy atom. The largest absolute Gasteiger partial charge is 0.289 e. The third kappa shape index (κ3) is 3.75. The summed E-state index contributed by atoms with van der Waals surface area (Å²) in [4.78, 5) is 25.6. The van der Waals surface area contributed by atoms with E-state index < -0.39 is 22.1 Å². The number of sulfonamides is 1. The normalized spacial score (nSPS) is 24.8. The van der Waals surface area contributed by atoms with Crippen molar-refractivity contribution in [3.8, 4) is 0 Å². The molecular formula is C17H22N2O4S2. The molecule has 1 saturated heterocycles. The van der Waals surface area contributed by atoms with Crippen LogP contribution >= 0.6 is 11.8 Å². The summed E-state index contributed by atoms with van der Waals surface area (Å²) in [5.74, 6) is -0.0796. The molecule has 2 amide bonds. The number of carbonyl (C=O) groups is 2. The predicted molar refractivity (Wildman–Crippen MR) is 97.0 cm³/mol. The number of aryl methyl sites for hydroxylation is 2. The summed E-state index contributed by atoms with van der Waals surface area (Å²) in [6, 6.07) is 4.47. The van der Waals surface area contributed by atoms with E-state index in [1.54, 1.807) is 19.1 Å². The van der Waals surface area contributed by atoms with Crippen LogP contribution in [-0.2, 0) is 14.8 Å². The zero-order valence-electron chi connectivity index (χ0n) is 14.3. The van der Waals surface area contributed by atoms with E-state index >= 15 is 0 Å². The summed E-state index contributed by atoms with van der Waals surface area (Å²) in [6.07, 6.45) is 3.02. The molecule has 2 atom stereocenters. The number of carbonyl (C=O) groups excluding carboxylic acids is 2. The minimum Gasteiger partial charge on any atom is -0.273 e. The van der Waals surface area contributed by atoms with Crippen LogP contribution in [0.2, 0.25) is 0 Å². The molecule has 1 aromatic rings. The Kier molecular flexibility index (Phi) is 5.22. The molecule has 1 N–H and O–H groups in total. The first-order valence-electron chi connectivity index (χ1n) is 8.38. The maximum Gasteiger partial charge on any atom is 0.289 e. The first-order valence-corrected chi connectivity index (χ1v) is 10.8. The van der Waals surface area contributed by atoms with Gasteiger partial charge >= 0.3 is 0 Å². The molecule has 6 nitrogen and oxygen atoms in total. The van der Waals surface area contributed by atoms with Crippen molar-refractivity contribution in [3.05, 3.63) is 29.3 Å². The van der Waals surface area contributed by atoms with Gasteiger partial charge in [-0.3, -0.25) is 14.5 Å². The highest BCUT2D eigenvalue weighted by molar-refractivity contribution is 8.14. The molecule has 0 spiro atoms. The van der Waals surface area contributed by atoms with Gasteiger partial charge in [0.15, 0.2) is 0 Å². The number of nitrogens with one attached hydrogen (secondary N) is 1. The molecule has 136 valence electrons. The van der Waals surface area contributed by atoms with Gasteiger partial charge in [0.05, 0.1) is 16.7 Å². The standard InChI is InChI=1S/C17H22N2O4S2/c1-11-7-8-12(2)15(9-11)25(22,23)18-13-5-3-4-6-14(13)19-16(20)10-24-17(19)21/h7-9,13-14,18H,3-6,10H2,1-2H3/t13-,14+/m0/s1. The molecule has 1 saturated carbocycles. The Bertz CT molecular complexity index is 791. The van der Waals surface area contributed by atoms with Crippen molar-refractivity contribution >= 4 is 32.9 Å². The van der Waals surface area contributed by atoms with E-state index in [0.717, 1.165) is 30.2 Å². The molecule has 1 aliphatic heterocycles. The molecule has 3 rings (SSSR count). The molecule has 0 aromatic heterocycles. The third-order valence-corrected chi connectivity index (χ3v) is 7.25. The van der Waals surface area contributed by atoms with Crippen molar-refractivity contribution in [2.45, 2.75) is 56.5 Å². The number of imide groups is 1. The fraction of sp³-hybridized carbons (Fsp3) is 0.529. The van der Waals surface area contributed by atoms with Crippen LogP contribution in [0, 0.1) is 13.8 Å². The van der Waals surface area contributed by atoms with Crippen LogP contribution in [0.3, 0.4) is 0 Å². The van der Waals surface area contributed by atoms with Gasteiger partial charge in [-0.2, -0.15) is 0 Å². The number of hydrogen-bond donors (Lipinski definition) is 1. The number of thioether (sulfide) groups is 1. The zero-order valence-corrected chi connectivity index (χ0v) is 16.0. The third-order valence-electron chi connectivity index (χ3n) is 4.79. The number of amides is 2. The van der Waals surface area contributed by atoms with Crippen molar-refractivity contribution in [1.29, 1.82) is 0 Å². The van der Waals surface area contributed by atoms with Crippen LogP contribution in [0.1, 0.15) is 36.8 Å². The minimum atomic E-state index is -3.72. The number of rotatable bonds is 4. The Morgan fingerprint density at radius 2 is 1.88 bits per heavy atom. The molecule has 1 aliphatic carbocycles. The zero-order chi connectivity index (χ0) is 18.2. The van der Waals surface area contributed by atoms with Gasteiger partial charge in [-0.15, -0.1) is 0 Å². The number of benzene rings is 1. The molecule has 1 heterocycles. The molecule has 2 aliphatic rings. The molecule has 0 unspecified atom stereocenters. The summed E-state index contributed by atoms with van der Waals surface area (Å²) in [5.41, 5.74) is 1.54. The number of hydrogen-bond acceptors (Lipinski definition) is 5. The fourth-order valence-electron chi connectivity index (χ4n) is 3.50. The average molecular weight is 383 g/mol. The predicted octanol–water partition coefficient (Wildman–Crippen LogP) is 2.59. The average Bonchev–Trinajstić information content (AvgIpc) is 2.89. The summed E-state index contributed by atoms with van der Waals surface area (Å²) in [7, 11) is -3.72. The van der Waals surface area contributed by atoms with Crippen LogP contribution in [0.5, 0.6) is 0 Å². The fourth-order valence-corrected chi connectivity index (χ4v) is 5.90. The van der Waals surface area contributed by atoms with Gasteiger partial charge in [0, 0.05) is 6.04 Å². The van der Waals surface area contributed by atoms with E-state index in [1.165, 1.54) is 4.90 Å². The Balaban J connectivity index is 1.87. The SMILES string of the molecule is Cc1ccc(C)c(S(=O)(=O)N[C@H]2CCCC[C@H]2N2C(=O)CSC2=O)c1. The van der Waals surface area contributed by atoms with Crippen molar-refractivity contribution in [2.75, 3.05) is 5.75 Å². The van der Waals surface area contributed by atoms with Gasteiger partial charge in [0.25, 0.3) is 5.24 Å². The van der Waals surface area contributed by atoms with Gasteiger partial charge in [-0.25, -0.2) is 13.1 Å². The second-order valence-corrected chi connectivity index (χ2v) is 9.28. The van der Waals surface area contributed by atoms with E-state index in [0.29, 0.717) is 18.4 Å². The van der Waals surface area contributed by atoms with E-state index in [2.05, 4.69) is 4.72 Å². The second kappa shape index (κ2) is 7.09. The lowest BCUT2D eigenvalue weighted by Gasteiger charge is -2.36. The highest BCUT2D eigenvalue weighted by Crippen LogP contribution is 2.31. The lowest BCUT2D eigenvalue weighted by molar-refractivity contribution is -0.127. The Morgan fingerprint density at radius 3 is 2.56 bits per heavy atom. The minimum absolute atomic E-state index is 0.145. The lowest BCUT2D eigenvalue weighted by Crippen LogP contribution is -2.54. The van der Waals surface area contributed by atoms with E-state index in [9.17, 15) is 18.0 Å². The van der Waals surface area contributed by atoms with Gasteiger partial charge < -0.3 is 0 Å². The molecule has 2 fully saturated rings. The summed E-state index contributed by atoms with van der Waals surface area (Å²) in [5, 5.41) is -0.271. The van der Waals surface area contributed by atoms with E-state index in [-0.39, 0.29) is 21.8 Å². The lowest BCUT2D eigenvalue weighted by atomic mass is 9.90. The van der Waals surface area contributed by atoms with Crippen molar-refractivity contribution in [2.24, 2.45) is 0 Å². The highest BCUT2D eigenvalue weighted by Gasteiger charge is 2.42. The van der Waals surface area contributed by atoms with Crippen molar-refractivity contribution in [1.82, 2.24) is 9.62 Å². The van der Waals surface area contributed by atoms with Gasteiger partial charge in [0.1, 0.15) is 0 Å². The van der Waals surface area contributed by atoms with E-state index in [4.69, 9.17) is 0 Å². The van der Waals surface area contributed by atoms with Crippen LogP contribution in [0.25, 0.3) is 0 Å². The molecule has 1 aromatic carbocycles. The van der Waals surface area contributed by atoms with E-state index in [1.807, 2.05) is 13.0 Å². The van der Waals surface area contributed by atoms with Crippen LogP contribution < -0.4 is 4.72 Å². The van der Waals surface area contributed by atoms with Crippen LogP contribution in [-0.4, -0.2) is 42.3 Å². The summed E-state index contributed by atoms with van der Waals surface area (Å²) < 4.78 is 28.5. The number of nitrogens with zero attached hydrogens (tertiary/aromatic N) is 1. The smallest absolute Gasteiger partial charge is 0.273 e. The van der Waals surface area contributed by atoms with Crippen molar-refractivity contribution in [3.63, 3.8) is 0 Å². The Hall–Kier alpha value is -1.38. The quantitative estimate of drug-likeness (QED) is 0.865. The molecule has 0 bridgehead atoms. The molecule has 25 heavy (non-hydrogen) atoms. The Labute approximate surface area is 152 Å². The topological polar surface area (TPSA) is 83.6 Å². The second-order valence-electron chi connectivity index (χ2n) is 6.67. The highest BCUT2D eigenvalue weighted by atomic mass is 32.2. The summed E-state index contributed by atoms with van der Waals surface area (Å²) in [6.45, 7) is 3.61. The van der Waals surface area contributed by atoms with Gasteiger partial charge in [0.2, 0.25) is 15.9 Å². The molecule has 8 heteroatoms. The molecule has 0 radical (unpaired) electrons. The molecular weight excluding hydrogens is 360 g/mol. The van der Waals surface area contributed by atoms with Gasteiger partial charge in [-0.1, -0.05) is 36.7 Å². The maximum atomic E-state index is 12.9. The van der Waals surface area contributed by atoms with Crippen LogP contribution in [0.4, 0.5) is 4.79 Å². The maximum absolute atomic E-state index is 12.9. The van der Waals surface area contributed by atoms with Gasteiger partial charge in [-0.05, 0) is 43.9 Å².